The molecule has 0 bridgehead atoms. The van der Waals surface area contributed by atoms with Gasteiger partial charge >= 0.3 is 0 Å². The average Bonchev–Trinajstić information content (AvgIpc) is 2.88. The summed E-state index contributed by atoms with van der Waals surface area (Å²) in [4.78, 5) is 0. The van der Waals surface area contributed by atoms with Crippen molar-refractivity contribution in [1.82, 2.24) is 5.32 Å². The molecule has 2 aromatic rings. The summed E-state index contributed by atoms with van der Waals surface area (Å²) in [5.41, 5.74) is 0.770. The Morgan fingerprint density at radius 3 is 2.85 bits per heavy atom. The molecule has 0 amide bonds. The minimum atomic E-state index is -0.178. The maximum absolute atomic E-state index is 6.11. The first-order valence-corrected chi connectivity index (χ1v) is 7.59. The lowest BCUT2D eigenvalue weighted by atomic mass is 9.86. The molecular formula is C17H23NO2. The molecule has 3 heteroatoms. The van der Waals surface area contributed by atoms with E-state index in [2.05, 4.69) is 31.3 Å². The van der Waals surface area contributed by atoms with Crippen LogP contribution < -0.4 is 5.32 Å². The third kappa shape index (κ3) is 2.48. The highest BCUT2D eigenvalue weighted by Gasteiger charge is 2.39. The molecule has 0 saturated carbocycles. The first-order chi connectivity index (χ1) is 9.73. The van der Waals surface area contributed by atoms with Crippen LogP contribution in [0.5, 0.6) is 0 Å². The zero-order chi connectivity index (χ0) is 14.0. The second-order valence-electron chi connectivity index (χ2n) is 5.80. The van der Waals surface area contributed by atoms with Gasteiger partial charge in [0.05, 0.1) is 11.6 Å². The lowest BCUT2D eigenvalue weighted by Gasteiger charge is -2.40. The van der Waals surface area contributed by atoms with Crippen LogP contribution in [0.4, 0.5) is 0 Å². The van der Waals surface area contributed by atoms with Crippen molar-refractivity contribution >= 4 is 11.0 Å². The molecule has 0 radical (unpaired) electrons. The fourth-order valence-electron chi connectivity index (χ4n) is 3.15. The minimum absolute atomic E-state index is 0.111. The number of hydrogen-bond acceptors (Lipinski definition) is 3. The predicted octanol–water partition coefficient (Wildman–Crippen LogP) is 4.04. The van der Waals surface area contributed by atoms with E-state index in [1.165, 1.54) is 6.42 Å². The number of benzene rings is 1. The Balaban J connectivity index is 1.96. The molecule has 0 spiro atoms. The van der Waals surface area contributed by atoms with Gasteiger partial charge in [-0.15, -0.1) is 0 Å². The Bertz CT molecular complexity index is 536. The maximum Gasteiger partial charge on any atom is 0.134 e. The number of hydrogen-bond donors (Lipinski definition) is 1. The van der Waals surface area contributed by atoms with E-state index >= 15 is 0 Å². The van der Waals surface area contributed by atoms with Gasteiger partial charge in [-0.25, -0.2) is 0 Å². The number of fused-ring (bicyclic) bond motifs is 1. The fraction of sp³-hybridized carbons (Fsp3) is 0.529. The molecule has 2 heterocycles. The highest BCUT2D eigenvalue weighted by Crippen LogP contribution is 2.38. The fourth-order valence-corrected chi connectivity index (χ4v) is 3.15. The molecule has 1 aliphatic rings. The number of rotatable bonds is 4. The zero-order valence-electron chi connectivity index (χ0n) is 12.3. The van der Waals surface area contributed by atoms with Gasteiger partial charge < -0.3 is 14.5 Å². The third-order valence-corrected chi connectivity index (χ3v) is 4.25. The summed E-state index contributed by atoms with van der Waals surface area (Å²) < 4.78 is 12.2. The van der Waals surface area contributed by atoms with E-state index in [0.29, 0.717) is 0 Å². The minimum Gasteiger partial charge on any atom is -0.459 e. The van der Waals surface area contributed by atoms with Crippen molar-refractivity contribution in [3.63, 3.8) is 0 Å². The van der Waals surface area contributed by atoms with Crippen LogP contribution in [-0.2, 0) is 4.74 Å². The SMILES string of the molecule is CCNC(c1cc2ccccc2o1)C1(C)CCCCO1. The van der Waals surface area contributed by atoms with E-state index in [0.717, 1.165) is 42.7 Å². The van der Waals surface area contributed by atoms with Gasteiger partial charge in [0.15, 0.2) is 0 Å². The van der Waals surface area contributed by atoms with Crippen molar-refractivity contribution < 1.29 is 9.15 Å². The molecule has 1 aliphatic heterocycles. The molecule has 2 atom stereocenters. The number of nitrogens with one attached hydrogen (secondary N) is 1. The number of likely N-dealkylation sites (N-methyl/N-ethyl adjacent to an activating group) is 1. The van der Waals surface area contributed by atoms with Crippen LogP contribution in [-0.4, -0.2) is 18.8 Å². The van der Waals surface area contributed by atoms with Crippen LogP contribution in [0.15, 0.2) is 34.7 Å². The number of para-hydroxylation sites is 1. The molecule has 0 aliphatic carbocycles. The molecular weight excluding hydrogens is 250 g/mol. The highest BCUT2D eigenvalue weighted by atomic mass is 16.5. The quantitative estimate of drug-likeness (QED) is 0.912. The topological polar surface area (TPSA) is 34.4 Å². The van der Waals surface area contributed by atoms with Crippen LogP contribution >= 0.6 is 0 Å². The lowest BCUT2D eigenvalue weighted by Crippen LogP contribution is -2.45. The number of ether oxygens (including phenoxy) is 1. The van der Waals surface area contributed by atoms with Crippen molar-refractivity contribution in [3.8, 4) is 0 Å². The van der Waals surface area contributed by atoms with Crippen molar-refractivity contribution in [2.24, 2.45) is 0 Å². The molecule has 2 unspecified atom stereocenters. The molecule has 1 N–H and O–H groups in total. The summed E-state index contributed by atoms with van der Waals surface area (Å²) in [6.45, 7) is 6.08. The van der Waals surface area contributed by atoms with Crippen molar-refractivity contribution in [2.75, 3.05) is 13.2 Å². The normalized spacial score (nSPS) is 24.9. The van der Waals surface area contributed by atoms with E-state index in [1.807, 2.05) is 18.2 Å². The summed E-state index contributed by atoms with van der Waals surface area (Å²) in [5.74, 6) is 0.984. The van der Waals surface area contributed by atoms with E-state index in [1.54, 1.807) is 0 Å². The van der Waals surface area contributed by atoms with Crippen molar-refractivity contribution in [1.29, 1.82) is 0 Å². The van der Waals surface area contributed by atoms with Gasteiger partial charge in [-0.05, 0) is 44.9 Å². The standard InChI is InChI=1S/C17H23NO2/c1-3-18-16(17(2)10-6-7-11-19-17)15-12-13-8-4-5-9-14(13)20-15/h4-5,8-9,12,16,18H,3,6-7,10-11H2,1-2H3. The first kappa shape index (κ1) is 13.7. The second-order valence-corrected chi connectivity index (χ2v) is 5.80. The van der Waals surface area contributed by atoms with Gasteiger partial charge in [0.1, 0.15) is 11.3 Å². The Morgan fingerprint density at radius 1 is 1.30 bits per heavy atom. The molecule has 3 nitrogen and oxygen atoms in total. The summed E-state index contributed by atoms with van der Waals surface area (Å²) in [7, 11) is 0. The molecule has 1 fully saturated rings. The van der Waals surface area contributed by atoms with E-state index in [9.17, 15) is 0 Å². The van der Waals surface area contributed by atoms with E-state index < -0.39 is 0 Å². The summed E-state index contributed by atoms with van der Waals surface area (Å²) in [6.07, 6.45) is 3.45. The second kappa shape index (κ2) is 5.58. The zero-order valence-corrected chi connectivity index (χ0v) is 12.3. The average molecular weight is 273 g/mol. The molecule has 1 saturated heterocycles. The largest absolute Gasteiger partial charge is 0.459 e. The van der Waals surface area contributed by atoms with Gasteiger partial charge in [0.25, 0.3) is 0 Å². The van der Waals surface area contributed by atoms with Gasteiger partial charge in [-0.2, -0.15) is 0 Å². The van der Waals surface area contributed by atoms with Crippen LogP contribution in [0.3, 0.4) is 0 Å². The van der Waals surface area contributed by atoms with Crippen LogP contribution in [0, 0.1) is 0 Å². The number of furan rings is 1. The molecule has 1 aromatic carbocycles. The third-order valence-electron chi connectivity index (χ3n) is 4.25. The Labute approximate surface area is 120 Å². The van der Waals surface area contributed by atoms with Crippen molar-refractivity contribution in [3.05, 3.63) is 36.1 Å². The lowest BCUT2D eigenvalue weighted by molar-refractivity contribution is -0.0930. The predicted molar refractivity (Wildman–Crippen MR) is 80.8 cm³/mol. The van der Waals surface area contributed by atoms with Gasteiger partial charge in [-0.3, -0.25) is 0 Å². The van der Waals surface area contributed by atoms with Gasteiger partial charge in [-0.1, -0.05) is 25.1 Å². The van der Waals surface area contributed by atoms with Crippen LogP contribution in [0.1, 0.15) is 44.9 Å². The molecule has 20 heavy (non-hydrogen) atoms. The van der Waals surface area contributed by atoms with Gasteiger partial charge in [0.2, 0.25) is 0 Å². The summed E-state index contributed by atoms with van der Waals surface area (Å²) in [6, 6.07) is 10.4. The van der Waals surface area contributed by atoms with E-state index in [-0.39, 0.29) is 11.6 Å². The van der Waals surface area contributed by atoms with E-state index in [4.69, 9.17) is 9.15 Å². The van der Waals surface area contributed by atoms with Crippen LogP contribution in [0.2, 0.25) is 0 Å². The summed E-state index contributed by atoms with van der Waals surface area (Å²) >= 11 is 0. The first-order valence-electron chi connectivity index (χ1n) is 7.59. The molecule has 1 aromatic heterocycles. The molecule has 3 rings (SSSR count). The highest BCUT2D eigenvalue weighted by molar-refractivity contribution is 5.77. The van der Waals surface area contributed by atoms with Crippen LogP contribution in [0.25, 0.3) is 11.0 Å². The maximum atomic E-state index is 6.11. The Morgan fingerprint density at radius 2 is 2.15 bits per heavy atom. The monoisotopic (exact) mass is 273 g/mol. The smallest absolute Gasteiger partial charge is 0.134 e. The summed E-state index contributed by atoms with van der Waals surface area (Å²) in [5, 5.41) is 4.71. The Hall–Kier alpha value is -1.32. The molecule has 108 valence electrons. The van der Waals surface area contributed by atoms with Gasteiger partial charge in [0, 0.05) is 12.0 Å². The Kier molecular flexibility index (Phi) is 3.81. The van der Waals surface area contributed by atoms with Crippen molar-refractivity contribution in [2.45, 2.75) is 44.8 Å².